The molecule has 196 valence electrons. The van der Waals surface area contributed by atoms with Gasteiger partial charge in [0.15, 0.2) is 5.75 Å². The van der Waals surface area contributed by atoms with Crippen molar-refractivity contribution in [2.75, 3.05) is 38.1 Å². The minimum Gasteiger partial charge on any atom is -0.616 e. The Labute approximate surface area is 215 Å². The molecule has 2 heterocycles. The molecule has 1 aromatic carbocycles. The van der Waals surface area contributed by atoms with Crippen molar-refractivity contribution in [2.45, 2.75) is 30.9 Å². The summed E-state index contributed by atoms with van der Waals surface area (Å²) in [5, 5.41) is 11.4. The maximum absolute atomic E-state index is 13.0. The number of benzene rings is 1. The summed E-state index contributed by atoms with van der Waals surface area (Å²) in [6, 6.07) is 7.53. The number of amides is 2. The van der Waals surface area contributed by atoms with Gasteiger partial charge in [0.25, 0.3) is 17.5 Å². The van der Waals surface area contributed by atoms with E-state index in [0.717, 1.165) is 16.2 Å². The molecule has 0 aromatic heterocycles. The summed E-state index contributed by atoms with van der Waals surface area (Å²) >= 11 is -0.296. The van der Waals surface area contributed by atoms with Crippen molar-refractivity contribution < 1.29 is 43.0 Å². The van der Waals surface area contributed by atoms with Gasteiger partial charge in [-0.05, 0) is 41.7 Å². The van der Waals surface area contributed by atoms with Gasteiger partial charge in [0.1, 0.15) is 29.2 Å². The molecular formula is C23H28N2O9S2. The van der Waals surface area contributed by atoms with Crippen LogP contribution in [0.3, 0.4) is 0 Å². The zero-order chi connectivity index (χ0) is 26.5. The average molecular weight is 541 g/mol. The Hall–Kier alpha value is -2.74. The number of ether oxygens (including phenoxy) is 3. The number of hydrogen-bond donors (Lipinski definition) is 2. The summed E-state index contributed by atoms with van der Waals surface area (Å²) in [6.45, 7) is 0.936. The number of esters is 1. The third-order valence-electron chi connectivity index (χ3n) is 5.70. The number of carbonyl (C=O) groups is 4. The van der Waals surface area contributed by atoms with E-state index in [2.05, 4.69) is 5.32 Å². The molecule has 0 saturated carbocycles. The van der Waals surface area contributed by atoms with Crippen LogP contribution >= 0.6 is 11.8 Å². The van der Waals surface area contributed by atoms with Gasteiger partial charge in [0.2, 0.25) is 0 Å². The number of β-lactam (4-membered cyclic amide) rings is 1. The predicted molar refractivity (Wildman–Crippen MR) is 131 cm³/mol. The summed E-state index contributed by atoms with van der Waals surface area (Å²) in [7, 11) is 2.82. The second-order valence-electron chi connectivity index (χ2n) is 8.10. The van der Waals surface area contributed by atoms with Crippen molar-refractivity contribution in [1.82, 2.24) is 10.2 Å². The highest BCUT2D eigenvalue weighted by atomic mass is 32.2. The lowest BCUT2D eigenvalue weighted by Gasteiger charge is -2.55. The van der Waals surface area contributed by atoms with Crippen molar-refractivity contribution in [3.63, 3.8) is 0 Å². The minimum atomic E-state index is -1.78. The first kappa shape index (κ1) is 27.8. The number of rotatable bonds is 12. The molecule has 0 bridgehead atoms. The number of hydrogen-bond acceptors (Lipinski definition) is 9. The van der Waals surface area contributed by atoms with Gasteiger partial charge in [0.05, 0.1) is 7.11 Å². The quantitative estimate of drug-likeness (QED) is 0.167. The molecule has 1 unspecified atom stereocenters. The fourth-order valence-electron chi connectivity index (χ4n) is 3.93. The van der Waals surface area contributed by atoms with Crippen LogP contribution in [0.15, 0.2) is 35.5 Å². The van der Waals surface area contributed by atoms with E-state index in [1.165, 1.54) is 25.8 Å². The van der Waals surface area contributed by atoms with Gasteiger partial charge in [-0.25, -0.2) is 4.79 Å². The highest BCUT2D eigenvalue weighted by molar-refractivity contribution is 8.00. The van der Waals surface area contributed by atoms with Gasteiger partial charge >= 0.3 is 11.9 Å². The summed E-state index contributed by atoms with van der Waals surface area (Å²) in [6.07, 6.45) is 1.29. The van der Waals surface area contributed by atoms with Gasteiger partial charge in [-0.3, -0.25) is 19.3 Å². The normalized spacial score (nSPS) is 21.8. The fourth-order valence-corrected chi connectivity index (χ4v) is 6.33. The second-order valence-corrected chi connectivity index (χ2v) is 10.7. The van der Waals surface area contributed by atoms with Crippen LogP contribution in [0.25, 0.3) is 0 Å². The van der Waals surface area contributed by atoms with Gasteiger partial charge in [-0.1, -0.05) is 12.1 Å². The zero-order valence-electron chi connectivity index (χ0n) is 20.1. The topological polar surface area (TPSA) is 155 Å². The molecule has 2 amide bonds. The Morgan fingerprint density at radius 1 is 1.28 bits per heavy atom. The molecule has 11 nitrogen and oxygen atoms in total. The van der Waals surface area contributed by atoms with Crippen molar-refractivity contribution >= 4 is 46.7 Å². The molecule has 13 heteroatoms. The van der Waals surface area contributed by atoms with Crippen LogP contribution in [-0.2, 0) is 46.2 Å². The number of thioether (sulfide) groups is 1. The summed E-state index contributed by atoms with van der Waals surface area (Å²) in [5.74, 6) is -2.46. The highest BCUT2D eigenvalue weighted by Gasteiger charge is 2.66. The SMILES string of the molecule is COc1ccc(CCC[S+]([O-])CC(=O)N[C@]2(OC)C(=O)N3C(C(=O)O)=C(COC(C)=O)CS[C@H]32)cc1. The number of aliphatic carboxylic acids is 1. The van der Waals surface area contributed by atoms with Crippen molar-refractivity contribution in [3.8, 4) is 5.75 Å². The molecule has 2 N–H and O–H groups in total. The molecule has 0 radical (unpaired) electrons. The molecule has 1 aromatic rings. The lowest BCUT2D eigenvalue weighted by Crippen LogP contribution is -2.81. The molecular weight excluding hydrogens is 512 g/mol. The number of aryl methyl sites for hydroxylation is 1. The number of carboxylic acid groups (broad SMARTS) is 1. The van der Waals surface area contributed by atoms with E-state index in [4.69, 9.17) is 14.2 Å². The molecule has 3 rings (SSSR count). The Bertz CT molecular complexity index is 1050. The van der Waals surface area contributed by atoms with Gasteiger partial charge in [-0.2, -0.15) is 0 Å². The van der Waals surface area contributed by atoms with Crippen LogP contribution < -0.4 is 10.1 Å². The number of nitrogens with zero attached hydrogens (tertiary/aromatic N) is 1. The second kappa shape index (κ2) is 12.0. The van der Waals surface area contributed by atoms with Gasteiger partial charge in [-0.15, -0.1) is 11.8 Å². The summed E-state index contributed by atoms with van der Waals surface area (Å²) < 4.78 is 27.9. The number of carbonyl (C=O) groups excluding carboxylic acids is 3. The Balaban J connectivity index is 1.57. The summed E-state index contributed by atoms with van der Waals surface area (Å²) in [5.41, 5.74) is -0.751. The minimum absolute atomic E-state index is 0.154. The van der Waals surface area contributed by atoms with Crippen molar-refractivity contribution in [3.05, 3.63) is 41.1 Å². The van der Waals surface area contributed by atoms with Crippen molar-refractivity contribution in [2.24, 2.45) is 0 Å². The van der Waals surface area contributed by atoms with Crippen LogP contribution in [0.4, 0.5) is 0 Å². The Morgan fingerprint density at radius 3 is 2.56 bits per heavy atom. The molecule has 3 atom stereocenters. The smallest absolute Gasteiger partial charge is 0.352 e. The maximum Gasteiger partial charge on any atom is 0.352 e. The first-order valence-corrected chi connectivity index (χ1v) is 13.5. The third-order valence-corrected chi connectivity index (χ3v) is 8.40. The van der Waals surface area contributed by atoms with E-state index in [1.54, 1.807) is 7.11 Å². The standard InChI is InChI=1S/C23H28N2O9S2/c1-14(26)34-11-16-12-35-22-23(33-3,21(30)25(22)19(16)20(28)29)24-18(27)13-36(31)10-4-5-15-6-8-17(32-2)9-7-15/h6-9,22H,4-5,10-13H2,1-3H3,(H,24,27)(H,28,29)/t22-,23-,36?/m0/s1. The van der Waals surface area contributed by atoms with Crippen LogP contribution in [0.2, 0.25) is 0 Å². The van der Waals surface area contributed by atoms with E-state index in [1.807, 2.05) is 24.3 Å². The summed E-state index contributed by atoms with van der Waals surface area (Å²) in [4.78, 5) is 49.7. The third kappa shape index (κ3) is 5.97. The maximum atomic E-state index is 13.0. The Kier molecular flexibility index (Phi) is 9.28. The van der Waals surface area contributed by atoms with E-state index >= 15 is 0 Å². The first-order valence-electron chi connectivity index (χ1n) is 11.0. The largest absolute Gasteiger partial charge is 0.616 e. The lowest BCUT2D eigenvalue weighted by molar-refractivity contribution is -0.192. The van der Waals surface area contributed by atoms with Crippen LogP contribution in [0.1, 0.15) is 18.9 Å². The lowest BCUT2D eigenvalue weighted by atomic mass is 9.98. The first-order chi connectivity index (χ1) is 17.1. The van der Waals surface area contributed by atoms with Gasteiger partial charge in [0, 0.05) is 25.4 Å². The molecule has 36 heavy (non-hydrogen) atoms. The van der Waals surface area contributed by atoms with E-state index in [9.17, 15) is 28.8 Å². The molecule has 2 aliphatic rings. The zero-order valence-corrected chi connectivity index (χ0v) is 21.7. The van der Waals surface area contributed by atoms with Crippen LogP contribution in [-0.4, -0.2) is 87.5 Å². The van der Waals surface area contributed by atoms with E-state index in [0.29, 0.717) is 18.6 Å². The van der Waals surface area contributed by atoms with Crippen LogP contribution in [0, 0.1) is 0 Å². The molecule has 0 spiro atoms. The number of nitrogens with one attached hydrogen (secondary N) is 1. The van der Waals surface area contributed by atoms with Gasteiger partial charge < -0.3 is 29.2 Å². The molecule has 2 aliphatic heterocycles. The molecule has 1 fully saturated rings. The van der Waals surface area contributed by atoms with E-state index in [-0.39, 0.29) is 29.4 Å². The predicted octanol–water partition coefficient (Wildman–Crippen LogP) is 0.652. The van der Waals surface area contributed by atoms with E-state index < -0.39 is 46.0 Å². The Morgan fingerprint density at radius 2 is 1.97 bits per heavy atom. The monoisotopic (exact) mass is 540 g/mol. The number of carboxylic acids is 1. The fraction of sp³-hybridized carbons (Fsp3) is 0.478. The van der Waals surface area contributed by atoms with Crippen molar-refractivity contribution in [1.29, 1.82) is 0 Å². The number of fused-ring (bicyclic) bond motifs is 1. The van der Waals surface area contributed by atoms with Crippen LogP contribution in [0.5, 0.6) is 5.75 Å². The molecule has 1 saturated heterocycles. The number of methoxy groups -OCH3 is 2. The molecule has 0 aliphatic carbocycles. The highest BCUT2D eigenvalue weighted by Crippen LogP contribution is 2.46. The average Bonchev–Trinajstić information content (AvgIpc) is 2.85.